The van der Waals surface area contributed by atoms with Gasteiger partial charge in [-0.1, -0.05) is 42.2 Å². The van der Waals surface area contributed by atoms with Crippen molar-refractivity contribution in [3.8, 4) is 0 Å². The molecule has 0 unspecified atom stereocenters. The van der Waals surface area contributed by atoms with Gasteiger partial charge in [-0.25, -0.2) is 4.79 Å². The largest absolute Gasteiger partial charge is 0.478 e. The Labute approximate surface area is 113 Å². The number of allylic oxidation sites excluding steroid dienone is 1. The minimum atomic E-state index is -1.02. The normalized spacial score (nSPS) is 17.6. The number of carbonyl (C=O) groups excluding carboxylic acids is 1. The molecule has 1 amide bonds. The zero-order valence-electron chi connectivity index (χ0n) is 9.39. The van der Waals surface area contributed by atoms with E-state index in [4.69, 9.17) is 17.3 Å². The minimum absolute atomic E-state index is 0.175. The molecule has 1 aliphatic rings. The van der Waals surface area contributed by atoms with Crippen molar-refractivity contribution in [2.75, 3.05) is 0 Å². The van der Waals surface area contributed by atoms with Crippen molar-refractivity contribution in [1.82, 2.24) is 5.32 Å². The molecular formula is C12H9NO3S2. The number of rotatable bonds is 2. The zero-order chi connectivity index (χ0) is 13.3. The molecule has 1 fully saturated rings. The molecule has 1 heterocycles. The van der Waals surface area contributed by atoms with Crippen LogP contribution in [0.5, 0.6) is 0 Å². The lowest BCUT2D eigenvalue weighted by Gasteiger charge is -2.07. The quantitative estimate of drug-likeness (QED) is 0.642. The maximum Gasteiger partial charge on any atom is 0.336 e. The van der Waals surface area contributed by atoms with Crippen molar-refractivity contribution >= 4 is 45.7 Å². The van der Waals surface area contributed by atoms with Gasteiger partial charge in [0, 0.05) is 0 Å². The van der Waals surface area contributed by atoms with Gasteiger partial charge in [0.25, 0.3) is 5.91 Å². The molecule has 0 aromatic heterocycles. The molecule has 0 bridgehead atoms. The Morgan fingerprint density at radius 1 is 1.33 bits per heavy atom. The van der Waals surface area contributed by atoms with Crippen LogP contribution >= 0.6 is 24.0 Å². The fraction of sp³-hybridized carbons (Fsp3) is 0.0833. The van der Waals surface area contributed by atoms with Crippen LogP contribution in [-0.2, 0) is 4.79 Å². The third-order valence-electron chi connectivity index (χ3n) is 2.52. The Kier molecular flexibility index (Phi) is 3.49. The average Bonchev–Trinajstić information content (AvgIpc) is 2.67. The number of benzene rings is 1. The molecule has 0 aliphatic carbocycles. The summed E-state index contributed by atoms with van der Waals surface area (Å²) in [6, 6.07) is 6.58. The molecule has 1 saturated heterocycles. The number of hydrogen-bond acceptors (Lipinski definition) is 4. The number of aromatic carboxylic acids is 1. The van der Waals surface area contributed by atoms with Crippen LogP contribution in [0.4, 0.5) is 0 Å². The highest BCUT2D eigenvalue weighted by Gasteiger charge is 2.26. The first-order valence-electron chi connectivity index (χ1n) is 5.07. The fourth-order valence-electron chi connectivity index (χ4n) is 1.68. The smallest absolute Gasteiger partial charge is 0.336 e. The van der Waals surface area contributed by atoms with Crippen LogP contribution in [0.3, 0.4) is 0 Å². The molecule has 1 aliphatic heterocycles. The summed E-state index contributed by atoms with van der Waals surface area (Å²) in [4.78, 5) is 23.2. The van der Waals surface area contributed by atoms with Crippen LogP contribution in [0, 0.1) is 0 Å². The maximum atomic E-state index is 11.7. The van der Waals surface area contributed by atoms with E-state index in [2.05, 4.69) is 5.32 Å². The van der Waals surface area contributed by atoms with Gasteiger partial charge in [-0.05, 0) is 24.1 Å². The molecular weight excluding hydrogens is 270 g/mol. The van der Waals surface area contributed by atoms with E-state index in [9.17, 15) is 9.59 Å². The summed E-state index contributed by atoms with van der Waals surface area (Å²) in [6.07, 6.45) is 0. The number of carboxylic acid groups (broad SMARTS) is 1. The second kappa shape index (κ2) is 4.91. The number of nitrogens with one attached hydrogen (secondary N) is 1. The van der Waals surface area contributed by atoms with Gasteiger partial charge >= 0.3 is 5.97 Å². The third kappa shape index (κ3) is 2.30. The summed E-state index contributed by atoms with van der Waals surface area (Å²) in [5.41, 5.74) is 1.33. The summed E-state index contributed by atoms with van der Waals surface area (Å²) in [7, 11) is 0. The van der Waals surface area contributed by atoms with Gasteiger partial charge in [0.2, 0.25) is 0 Å². The summed E-state index contributed by atoms with van der Waals surface area (Å²) in [5.74, 6) is -1.29. The highest BCUT2D eigenvalue weighted by molar-refractivity contribution is 8.26. The van der Waals surface area contributed by atoms with E-state index in [0.717, 1.165) is 11.8 Å². The van der Waals surface area contributed by atoms with Gasteiger partial charge in [-0.15, -0.1) is 0 Å². The predicted molar refractivity (Wildman–Crippen MR) is 74.3 cm³/mol. The van der Waals surface area contributed by atoms with Gasteiger partial charge in [-0.3, -0.25) is 4.79 Å². The lowest BCUT2D eigenvalue weighted by molar-refractivity contribution is -0.115. The molecule has 2 N–H and O–H groups in total. The summed E-state index contributed by atoms with van der Waals surface area (Å²) >= 11 is 6.06. The lowest BCUT2D eigenvalue weighted by Crippen LogP contribution is -2.18. The number of carboxylic acids is 1. The number of hydrogen-bond donors (Lipinski definition) is 2. The molecule has 0 atom stereocenters. The van der Waals surface area contributed by atoms with Crippen LogP contribution in [0.25, 0.3) is 5.57 Å². The van der Waals surface area contributed by atoms with Gasteiger partial charge in [0.05, 0.1) is 10.5 Å². The van der Waals surface area contributed by atoms with Crippen molar-refractivity contribution < 1.29 is 14.7 Å². The Bertz CT molecular complexity index is 593. The monoisotopic (exact) mass is 279 g/mol. The van der Waals surface area contributed by atoms with Crippen LogP contribution in [-0.4, -0.2) is 21.3 Å². The standard InChI is InChI=1S/C12H9NO3S2/c1-6(9-10(14)13-12(17)18-9)7-4-2-3-5-8(7)11(15)16/h2-5H,1H3,(H,15,16)(H,13,14,17). The third-order valence-corrected chi connectivity index (χ3v) is 3.85. The van der Waals surface area contributed by atoms with E-state index in [0.29, 0.717) is 20.4 Å². The second-order valence-electron chi connectivity index (χ2n) is 3.65. The van der Waals surface area contributed by atoms with Crippen molar-refractivity contribution in [3.63, 3.8) is 0 Å². The van der Waals surface area contributed by atoms with E-state index >= 15 is 0 Å². The number of carbonyl (C=O) groups is 2. The first kappa shape index (κ1) is 12.8. The molecule has 0 saturated carbocycles. The Morgan fingerprint density at radius 3 is 2.44 bits per heavy atom. The Balaban J connectivity index is 2.56. The molecule has 1 aromatic rings. The van der Waals surface area contributed by atoms with Crippen molar-refractivity contribution in [2.45, 2.75) is 6.92 Å². The van der Waals surface area contributed by atoms with Crippen LogP contribution in [0.2, 0.25) is 0 Å². The predicted octanol–water partition coefficient (Wildman–Crippen LogP) is 2.26. The SMILES string of the molecule is CC(=C1SC(=S)NC1=O)c1ccccc1C(=O)O. The minimum Gasteiger partial charge on any atom is -0.478 e. The Hall–Kier alpha value is -1.66. The molecule has 0 radical (unpaired) electrons. The molecule has 1 aromatic carbocycles. The molecule has 0 spiro atoms. The zero-order valence-corrected chi connectivity index (χ0v) is 11.0. The molecule has 18 heavy (non-hydrogen) atoms. The first-order valence-corrected chi connectivity index (χ1v) is 6.30. The fourth-order valence-corrected chi connectivity index (χ4v) is 2.76. The maximum absolute atomic E-state index is 11.7. The average molecular weight is 279 g/mol. The van der Waals surface area contributed by atoms with Gasteiger partial charge in [0.1, 0.15) is 4.32 Å². The lowest BCUT2D eigenvalue weighted by atomic mass is 10.0. The molecule has 6 heteroatoms. The van der Waals surface area contributed by atoms with Gasteiger partial charge < -0.3 is 10.4 Å². The van der Waals surface area contributed by atoms with Crippen LogP contribution in [0.1, 0.15) is 22.8 Å². The van der Waals surface area contributed by atoms with E-state index in [1.807, 2.05) is 0 Å². The Morgan fingerprint density at radius 2 is 1.94 bits per heavy atom. The van der Waals surface area contributed by atoms with E-state index in [-0.39, 0.29) is 11.5 Å². The number of amides is 1. The molecule has 2 rings (SSSR count). The highest BCUT2D eigenvalue weighted by Crippen LogP contribution is 2.32. The van der Waals surface area contributed by atoms with Gasteiger partial charge in [-0.2, -0.15) is 0 Å². The molecule has 4 nitrogen and oxygen atoms in total. The van der Waals surface area contributed by atoms with E-state index in [1.165, 1.54) is 6.07 Å². The summed E-state index contributed by atoms with van der Waals surface area (Å²) in [5, 5.41) is 11.6. The van der Waals surface area contributed by atoms with E-state index < -0.39 is 5.97 Å². The molecule has 92 valence electrons. The van der Waals surface area contributed by atoms with Crippen LogP contribution < -0.4 is 5.32 Å². The van der Waals surface area contributed by atoms with Crippen LogP contribution in [0.15, 0.2) is 29.2 Å². The highest BCUT2D eigenvalue weighted by atomic mass is 32.2. The topological polar surface area (TPSA) is 66.4 Å². The van der Waals surface area contributed by atoms with Crippen molar-refractivity contribution in [2.24, 2.45) is 0 Å². The van der Waals surface area contributed by atoms with Crippen molar-refractivity contribution in [3.05, 3.63) is 40.3 Å². The van der Waals surface area contributed by atoms with E-state index in [1.54, 1.807) is 25.1 Å². The second-order valence-corrected chi connectivity index (χ2v) is 5.34. The number of thiocarbonyl (C=S) groups is 1. The first-order chi connectivity index (χ1) is 8.50. The number of thioether (sulfide) groups is 1. The summed E-state index contributed by atoms with van der Waals surface area (Å²) in [6.45, 7) is 1.72. The summed E-state index contributed by atoms with van der Waals surface area (Å²) < 4.78 is 0.391. The van der Waals surface area contributed by atoms with Crippen molar-refractivity contribution in [1.29, 1.82) is 0 Å². The van der Waals surface area contributed by atoms with Gasteiger partial charge in [0.15, 0.2) is 0 Å².